The number of methoxy groups -OCH3 is 1. The summed E-state index contributed by atoms with van der Waals surface area (Å²) in [5.74, 6) is 0.772. The number of carbonyl (C=O) groups is 1. The highest BCUT2D eigenvalue weighted by atomic mass is 16.5. The molecule has 0 aliphatic carbocycles. The Balaban J connectivity index is 2.48. The van der Waals surface area contributed by atoms with Crippen LogP contribution in [0.25, 0.3) is 0 Å². The Labute approximate surface area is 171 Å². The number of hydrogen-bond acceptors (Lipinski definition) is 2. The topological polar surface area (TPSA) is 26.3 Å². The van der Waals surface area contributed by atoms with E-state index < -0.39 is 0 Å². The first-order chi connectivity index (χ1) is 12.8. The van der Waals surface area contributed by atoms with Gasteiger partial charge in [-0.2, -0.15) is 0 Å². The number of ether oxygens (including phenoxy) is 1. The molecule has 2 aromatic carbocycles. The van der Waals surface area contributed by atoms with E-state index in [1.807, 2.05) is 13.0 Å². The Kier molecular flexibility index (Phi) is 6.43. The van der Waals surface area contributed by atoms with Crippen molar-refractivity contribution in [3.05, 3.63) is 63.7 Å². The van der Waals surface area contributed by atoms with E-state index in [-0.39, 0.29) is 16.6 Å². The number of aryl methyl sites for hydroxylation is 3. The maximum absolute atomic E-state index is 12.1. The van der Waals surface area contributed by atoms with Crippen LogP contribution in [-0.2, 0) is 23.7 Å². The van der Waals surface area contributed by atoms with Crippen molar-refractivity contribution in [2.24, 2.45) is 0 Å². The lowest BCUT2D eigenvalue weighted by Crippen LogP contribution is -2.18. The van der Waals surface area contributed by atoms with E-state index in [9.17, 15) is 4.79 Å². The Bertz CT molecular complexity index is 861. The van der Waals surface area contributed by atoms with Gasteiger partial charge in [0.25, 0.3) is 0 Å². The summed E-state index contributed by atoms with van der Waals surface area (Å²) in [6.07, 6.45) is 1.77. The van der Waals surface area contributed by atoms with Gasteiger partial charge in [-0.15, -0.1) is 0 Å². The van der Waals surface area contributed by atoms with Gasteiger partial charge in [-0.05, 0) is 71.4 Å². The smallest absolute Gasteiger partial charge is 0.163 e. The van der Waals surface area contributed by atoms with Crippen molar-refractivity contribution in [2.45, 2.75) is 79.1 Å². The predicted molar refractivity (Wildman–Crippen MR) is 119 cm³/mol. The van der Waals surface area contributed by atoms with Crippen molar-refractivity contribution >= 4 is 5.78 Å². The molecular weight excluding hydrogens is 344 g/mol. The van der Waals surface area contributed by atoms with Crippen LogP contribution in [0, 0.1) is 6.92 Å². The van der Waals surface area contributed by atoms with Crippen molar-refractivity contribution in [1.82, 2.24) is 0 Å². The summed E-state index contributed by atoms with van der Waals surface area (Å²) in [6.45, 7) is 17.2. The normalized spacial score (nSPS) is 12.2. The zero-order valence-electron chi connectivity index (χ0n) is 19.1. The first-order valence-corrected chi connectivity index (χ1v) is 10.2. The highest BCUT2D eigenvalue weighted by molar-refractivity contribution is 5.97. The molecule has 0 N–H and O–H groups in total. The number of carbonyl (C=O) groups excluding carboxylic acids is 1. The molecule has 2 aromatic rings. The fourth-order valence-electron chi connectivity index (χ4n) is 3.80. The quantitative estimate of drug-likeness (QED) is 0.547. The lowest BCUT2D eigenvalue weighted by Gasteiger charge is -2.27. The van der Waals surface area contributed by atoms with E-state index in [1.54, 1.807) is 14.0 Å². The van der Waals surface area contributed by atoms with Gasteiger partial charge >= 0.3 is 0 Å². The Morgan fingerprint density at radius 1 is 0.893 bits per heavy atom. The molecule has 2 rings (SSSR count). The number of Topliss-reactive ketones (excluding diaryl/α,β-unsaturated/α-hetero) is 1. The van der Waals surface area contributed by atoms with Gasteiger partial charge in [0.15, 0.2) is 5.78 Å². The molecule has 0 aromatic heterocycles. The van der Waals surface area contributed by atoms with Gasteiger partial charge in [0.05, 0.1) is 12.7 Å². The minimum Gasteiger partial charge on any atom is -0.496 e. The third kappa shape index (κ3) is 5.04. The molecule has 0 bridgehead atoms. The van der Waals surface area contributed by atoms with E-state index in [0.717, 1.165) is 29.7 Å². The van der Waals surface area contributed by atoms with Crippen LogP contribution in [0.1, 0.15) is 86.6 Å². The zero-order valence-corrected chi connectivity index (χ0v) is 19.1. The molecule has 0 spiro atoms. The first kappa shape index (κ1) is 22.2. The fourth-order valence-corrected chi connectivity index (χ4v) is 3.80. The highest BCUT2D eigenvalue weighted by Gasteiger charge is 2.22. The van der Waals surface area contributed by atoms with Crippen molar-refractivity contribution < 1.29 is 9.53 Å². The van der Waals surface area contributed by atoms with Crippen LogP contribution in [0.4, 0.5) is 0 Å². The molecular formula is C26H36O2. The number of benzene rings is 2. The molecule has 0 aliphatic heterocycles. The van der Waals surface area contributed by atoms with Gasteiger partial charge in [-0.1, -0.05) is 65.8 Å². The molecule has 152 valence electrons. The van der Waals surface area contributed by atoms with Crippen LogP contribution in [0.5, 0.6) is 5.75 Å². The molecule has 0 saturated carbocycles. The van der Waals surface area contributed by atoms with E-state index >= 15 is 0 Å². The van der Waals surface area contributed by atoms with Gasteiger partial charge < -0.3 is 4.74 Å². The second-order valence-electron chi connectivity index (χ2n) is 9.93. The van der Waals surface area contributed by atoms with E-state index in [4.69, 9.17) is 4.74 Å². The summed E-state index contributed by atoms with van der Waals surface area (Å²) >= 11 is 0. The lowest BCUT2D eigenvalue weighted by molar-refractivity contribution is 0.101. The zero-order chi connectivity index (χ0) is 21.3. The van der Waals surface area contributed by atoms with E-state index in [2.05, 4.69) is 65.8 Å². The summed E-state index contributed by atoms with van der Waals surface area (Å²) in [5, 5.41) is 0. The van der Waals surface area contributed by atoms with Crippen molar-refractivity contribution in [2.75, 3.05) is 7.11 Å². The lowest BCUT2D eigenvalue weighted by atomic mass is 9.78. The average molecular weight is 381 g/mol. The van der Waals surface area contributed by atoms with Crippen LogP contribution >= 0.6 is 0 Å². The van der Waals surface area contributed by atoms with Gasteiger partial charge in [-0.25, -0.2) is 0 Å². The largest absolute Gasteiger partial charge is 0.496 e. The minimum absolute atomic E-state index is 0.0481. The summed E-state index contributed by atoms with van der Waals surface area (Å²) in [5.41, 5.74) is 7.22. The maximum atomic E-state index is 12.1. The minimum atomic E-state index is 0.0481. The predicted octanol–water partition coefficient (Wildman–Crippen LogP) is 6.59. The second-order valence-corrected chi connectivity index (χ2v) is 9.93. The molecule has 28 heavy (non-hydrogen) atoms. The van der Waals surface area contributed by atoms with E-state index in [0.29, 0.717) is 5.56 Å². The molecule has 0 unspecified atom stereocenters. The van der Waals surface area contributed by atoms with Gasteiger partial charge in [0, 0.05) is 0 Å². The van der Waals surface area contributed by atoms with Crippen LogP contribution in [0.3, 0.4) is 0 Å². The fraction of sp³-hybridized carbons (Fsp3) is 0.500. The third-order valence-electron chi connectivity index (χ3n) is 5.34. The monoisotopic (exact) mass is 380 g/mol. The van der Waals surface area contributed by atoms with Crippen molar-refractivity contribution in [3.63, 3.8) is 0 Å². The Morgan fingerprint density at radius 2 is 1.50 bits per heavy atom. The molecule has 2 heteroatoms. The van der Waals surface area contributed by atoms with E-state index in [1.165, 1.54) is 16.7 Å². The Morgan fingerprint density at radius 3 is 2.00 bits per heavy atom. The van der Waals surface area contributed by atoms with Crippen molar-refractivity contribution in [1.29, 1.82) is 0 Å². The van der Waals surface area contributed by atoms with Crippen LogP contribution in [0.15, 0.2) is 30.3 Å². The van der Waals surface area contributed by atoms with Crippen LogP contribution in [0.2, 0.25) is 0 Å². The number of rotatable bonds is 5. The van der Waals surface area contributed by atoms with Crippen LogP contribution < -0.4 is 4.74 Å². The molecule has 0 aliphatic rings. The Hall–Kier alpha value is -2.09. The van der Waals surface area contributed by atoms with Gasteiger partial charge in [0.1, 0.15) is 5.75 Å². The summed E-state index contributed by atoms with van der Waals surface area (Å²) in [4.78, 5) is 12.1. The highest BCUT2D eigenvalue weighted by Crippen LogP contribution is 2.33. The maximum Gasteiger partial charge on any atom is 0.163 e. The summed E-state index contributed by atoms with van der Waals surface area (Å²) in [7, 11) is 1.65. The standard InChI is InChI=1S/C26H36O2/c1-17-14-20(24(28-9)22(15-17)18(2)27)11-10-19-16-21(25(3,4)5)12-13-23(19)26(6,7)8/h12-16H,10-11H2,1-9H3. The summed E-state index contributed by atoms with van der Waals surface area (Å²) < 4.78 is 5.64. The van der Waals surface area contributed by atoms with Crippen LogP contribution in [-0.4, -0.2) is 12.9 Å². The first-order valence-electron chi connectivity index (χ1n) is 10.2. The molecule has 0 heterocycles. The van der Waals surface area contributed by atoms with Gasteiger partial charge in [-0.3, -0.25) is 4.79 Å². The van der Waals surface area contributed by atoms with Crippen molar-refractivity contribution in [3.8, 4) is 5.75 Å². The molecule has 0 fully saturated rings. The third-order valence-corrected chi connectivity index (χ3v) is 5.34. The van der Waals surface area contributed by atoms with Gasteiger partial charge in [0.2, 0.25) is 0 Å². The molecule has 2 nitrogen and oxygen atoms in total. The SMILES string of the molecule is COc1c(CCc2cc(C(C)(C)C)ccc2C(C)(C)C)cc(C)cc1C(C)=O. The summed E-state index contributed by atoms with van der Waals surface area (Å²) in [6, 6.07) is 11.0. The average Bonchev–Trinajstić information content (AvgIpc) is 2.57. The molecule has 0 amide bonds. The number of hydrogen-bond donors (Lipinski definition) is 0. The second kappa shape index (κ2) is 8.11. The molecule has 0 atom stereocenters. The number of ketones is 1. The molecule has 0 saturated heterocycles. The molecule has 0 radical (unpaired) electrons.